The molecule has 2 unspecified atom stereocenters. The van der Waals surface area contributed by atoms with Gasteiger partial charge in [0.05, 0.1) is 5.60 Å². The summed E-state index contributed by atoms with van der Waals surface area (Å²) in [7, 11) is 0. The highest BCUT2D eigenvalue weighted by Gasteiger charge is 2.54. The Balaban J connectivity index is 1.82. The summed E-state index contributed by atoms with van der Waals surface area (Å²) in [4.78, 5) is 0. The van der Waals surface area contributed by atoms with Crippen LogP contribution in [0.2, 0.25) is 0 Å². The fourth-order valence-corrected chi connectivity index (χ4v) is 2.34. The Morgan fingerprint density at radius 3 is 2.79 bits per heavy atom. The Kier molecular flexibility index (Phi) is 2.91. The number of ether oxygens (including phenoxy) is 1. The highest BCUT2D eigenvalue weighted by molar-refractivity contribution is 5.14. The zero-order valence-corrected chi connectivity index (χ0v) is 8.84. The number of epoxide rings is 1. The van der Waals surface area contributed by atoms with E-state index >= 15 is 0 Å². The van der Waals surface area contributed by atoms with Gasteiger partial charge in [0.15, 0.2) is 0 Å². The zero-order valence-electron chi connectivity index (χ0n) is 8.84. The lowest BCUT2D eigenvalue weighted by molar-refractivity contribution is 0.235. The van der Waals surface area contributed by atoms with E-state index in [1.165, 1.54) is 32.1 Å². The van der Waals surface area contributed by atoms with E-state index < -0.39 is 6.17 Å². The zero-order chi connectivity index (χ0) is 10.0. The fraction of sp³-hybridized carbons (Fsp3) is 0.833. The number of hydrogen-bond acceptors (Lipinski definition) is 1. The summed E-state index contributed by atoms with van der Waals surface area (Å²) in [5.74, 6) is 0. The summed E-state index contributed by atoms with van der Waals surface area (Å²) in [6.07, 6.45) is 9.81. The molecule has 0 aromatic rings. The third kappa shape index (κ3) is 2.00. The van der Waals surface area contributed by atoms with Gasteiger partial charge >= 0.3 is 0 Å². The fourth-order valence-electron chi connectivity index (χ4n) is 2.34. The smallest absolute Gasteiger partial charge is 0.118 e. The second kappa shape index (κ2) is 4.01. The van der Waals surface area contributed by atoms with Crippen molar-refractivity contribution in [2.24, 2.45) is 0 Å². The van der Waals surface area contributed by atoms with Crippen LogP contribution in [-0.4, -0.2) is 17.9 Å². The first-order valence-electron chi connectivity index (χ1n) is 5.77. The molecule has 2 aliphatic rings. The van der Waals surface area contributed by atoms with E-state index in [0.717, 1.165) is 0 Å². The Morgan fingerprint density at radius 1 is 1.43 bits per heavy atom. The molecule has 0 N–H and O–H groups in total. The predicted octanol–water partition coefficient (Wildman–Crippen LogP) is 3.39. The summed E-state index contributed by atoms with van der Waals surface area (Å²) < 4.78 is 18.6. The molecule has 1 aliphatic carbocycles. The van der Waals surface area contributed by atoms with Gasteiger partial charge in [-0.25, -0.2) is 4.39 Å². The molecular formula is C12H19FO. The molecule has 2 rings (SSSR count). The van der Waals surface area contributed by atoms with Gasteiger partial charge in [0.1, 0.15) is 12.3 Å². The molecule has 1 nitrogen and oxygen atoms in total. The normalized spacial score (nSPS) is 32.3. The summed E-state index contributed by atoms with van der Waals surface area (Å²) in [6.45, 7) is 1.86. The van der Waals surface area contributed by atoms with Gasteiger partial charge in [0.2, 0.25) is 0 Å². The summed E-state index contributed by atoms with van der Waals surface area (Å²) in [5, 5.41) is 0. The van der Waals surface area contributed by atoms with E-state index in [-0.39, 0.29) is 11.7 Å². The predicted molar refractivity (Wildman–Crippen MR) is 55.0 cm³/mol. The van der Waals surface area contributed by atoms with Gasteiger partial charge in [0, 0.05) is 0 Å². The third-order valence-electron chi connectivity index (χ3n) is 3.41. The molecule has 2 fully saturated rings. The summed E-state index contributed by atoms with van der Waals surface area (Å²) in [6, 6.07) is 0. The Morgan fingerprint density at radius 2 is 2.14 bits per heavy atom. The standard InChI is InChI=1S/C12H19FO/c1-2-10(13)6-7-11-12(14-11)8-4-3-5-9-12/h6-7,10-11H,2-5,8-9H2,1H3/b7-6+. The van der Waals surface area contributed by atoms with Gasteiger partial charge in [-0.2, -0.15) is 0 Å². The van der Waals surface area contributed by atoms with Crippen LogP contribution < -0.4 is 0 Å². The first-order chi connectivity index (χ1) is 6.77. The van der Waals surface area contributed by atoms with Crippen LogP contribution in [0.25, 0.3) is 0 Å². The molecule has 0 amide bonds. The molecule has 0 aromatic heterocycles. The maximum Gasteiger partial charge on any atom is 0.118 e. The molecule has 1 heterocycles. The average molecular weight is 198 g/mol. The van der Waals surface area contributed by atoms with E-state index in [1.807, 2.05) is 13.0 Å². The van der Waals surface area contributed by atoms with Crippen LogP contribution in [0.5, 0.6) is 0 Å². The molecule has 80 valence electrons. The van der Waals surface area contributed by atoms with Crippen LogP contribution in [0.4, 0.5) is 4.39 Å². The van der Waals surface area contributed by atoms with Crippen molar-refractivity contribution in [1.29, 1.82) is 0 Å². The van der Waals surface area contributed by atoms with Gasteiger partial charge in [-0.15, -0.1) is 0 Å². The number of halogens is 1. The van der Waals surface area contributed by atoms with Gasteiger partial charge < -0.3 is 4.74 Å². The number of hydrogen-bond donors (Lipinski definition) is 0. The Labute approximate surface area is 85.3 Å². The van der Waals surface area contributed by atoms with Crippen molar-refractivity contribution in [3.05, 3.63) is 12.2 Å². The average Bonchev–Trinajstić information content (AvgIpc) is 2.89. The highest BCUT2D eigenvalue weighted by atomic mass is 19.1. The quantitative estimate of drug-likeness (QED) is 0.500. The maximum atomic E-state index is 12.9. The Hall–Kier alpha value is -0.370. The number of alkyl halides is 1. The highest BCUT2D eigenvalue weighted by Crippen LogP contribution is 2.48. The van der Waals surface area contributed by atoms with Crippen LogP contribution >= 0.6 is 0 Å². The van der Waals surface area contributed by atoms with Crippen molar-refractivity contribution in [3.8, 4) is 0 Å². The molecule has 0 bridgehead atoms. The minimum Gasteiger partial charge on any atom is -0.362 e. The molecule has 0 radical (unpaired) electrons. The van der Waals surface area contributed by atoms with Crippen LogP contribution in [0.1, 0.15) is 45.4 Å². The molecule has 2 heteroatoms. The van der Waals surface area contributed by atoms with Gasteiger partial charge in [-0.3, -0.25) is 0 Å². The van der Waals surface area contributed by atoms with Crippen molar-refractivity contribution in [1.82, 2.24) is 0 Å². The minimum atomic E-state index is -0.792. The van der Waals surface area contributed by atoms with Crippen LogP contribution in [-0.2, 0) is 4.74 Å². The van der Waals surface area contributed by atoms with Crippen LogP contribution in [0, 0.1) is 0 Å². The lowest BCUT2D eigenvalue weighted by Crippen LogP contribution is -2.18. The largest absolute Gasteiger partial charge is 0.362 e. The van der Waals surface area contributed by atoms with Crippen LogP contribution in [0.15, 0.2) is 12.2 Å². The molecule has 14 heavy (non-hydrogen) atoms. The third-order valence-corrected chi connectivity index (χ3v) is 3.41. The first-order valence-corrected chi connectivity index (χ1v) is 5.77. The van der Waals surface area contributed by atoms with Crippen molar-refractivity contribution in [3.63, 3.8) is 0 Å². The SMILES string of the molecule is CCC(F)/C=C/C1OC12CCCCC2. The molecule has 1 spiro atoms. The molecular weight excluding hydrogens is 179 g/mol. The summed E-state index contributed by atoms with van der Waals surface area (Å²) >= 11 is 0. The lowest BCUT2D eigenvalue weighted by Gasteiger charge is -2.17. The number of allylic oxidation sites excluding steroid dienone is 1. The van der Waals surface area contributed by atoms with E-state index in [2.05, 4.69) is 0 Å². The van der Waals surface area contributed by atoms with E-state index in [1.54, 1.807) is 6.08 Å². The van der Waals surface area contributed by atoms with Crippen molar-refractivity contribution >= 4 is 0 Å². The topological polar surface area (TPSA) is 12.5 Å². The van der Waals surface area contributed by atoms with Crippen molar-refractivity contribution < 1.29 is 9.13 Å². The molecule has 1 saturated heterocycles. The maximum absolute atomic E-state index is 12.9. The summed E-state index contributed by atoms with van der Waals surface area (Å²) in [5.41, 5.74) is 0.127. The molecule has 0 aromatic carbocycles. The van der Waals surface area contributed by atoms with E-state index in [0.29, 0.717) is 6.42 Å². The first kappa shape index (κ1) is 10.2. The number of rotatable bonds is 3. The second-order valence-electron chi connectivity index (χ2n) is 4.47. The Bertz CT molecular complexity index is 218. The molecule has 1 aliphatic heterocycles. The monoisotopic (exact) mass is 198 g/mol. The lowest BCUT2D eigenvalue weighted by atomic mass is 9.86. The molecule has 2 atom stereocenters. The van der Waals surface area contributed by atoms with E-state index in [9.17, 15) is 4.39 Å². The second-order valence-corrected chi connectivity index (χ2v) is 4.47. The minimum absolute atomic E-state index is 0.127. The van der Waals surface area contributed by atoms with Crippen molar-refractivity contribution in [2.45, 2.75) is 63.3 Å². The van der Waals surface area contributed by atoms with E-state index in [4.69, 9.17) is 4.74 Å². The van der Waals surface area contributed by atoms with Gasteiger partial charge in [-0.1, -0.05) is 38.3 Å². The van der Waals surface area contributed by atoms with Crippen LogP contribution in [0.3, 0.4) is 0 Å². The van der Waals surface area contributed by atoms with Gasteiger partial charge in [0.25, 0.3) is 0 Å². The molecule has 1 saturated carbocycles. The van der Waals surface area contributed by atoms with Gasteiger partial charge in [-0.05, 0) is 19.3 Å². The van der Waals surface area contributed by atoms with Crippen molar-refractivity contribution in [2.75, 3.05) is 0 Å².